The lowest BCUT2D eigenvalue weighted by molar-refractivity contribution is -0.148. The lowest BCUT2D eigenvalue weighted by atomic mass is 10.3. The maximum Gasteiger partial charge on any atom is 0.332 e. The molecule has 0 fully saturated rings. The van der Waals surface area contributed by atoms with Crippen LogP contribution in [0.15, 0.2) is 24.3 Å². The van der Waals surface area contributed by atoms with Crippen LogP contribution in [0.25, 0.3) is 0 Å². The number of carbonyl (C=O) groups is 1. The van der Waals surface area contributed by atoms with Crippen LogP contribution in [0.3, 0.4) is 0 Å². The molecule has 4 nitrogen and oxygen atoms in total. The quantitative estimate of drug-likeness (QED) is 0.584. The highest BCUT2D eigenvalue weighted by molar-refractivity contribution is 5.70. The lowest BCUT2D eigenvalue weighted by Gasteiger charge is -2.07. The zero-order valence-corrected chi connectivity index (χ0v) is 9.74. The third-order valence-electron chi connectivity index (χ3n) is 1.93. The normalized spacial score (nSPS) is 10.0. The second-order valence-corrected chi connectivity index (χ2v) is 3.29. The lowest BCUT2D eigenvalue weighted by Crippen LogP contribution is -2.16. The Kier molecular flexibility index (Phi) is 6.03. The molecule has 0 heterocycles. The van der Waals surface area contributed by atoms with Gasteiger partial charge >= 0.3 is 5.97 Å². The number of nitrogens with one attached hydrogen (secondary N) is 1. The Hall–Kier alpha value is -1.62. The number of hydrogen-bond acceptors (Lipinski definition) is 4. The second kappa shape index (κ2) is 7.62. The van der Waals surface area contributed by atoms with Crippen molar-refractivity contribution < 1.29 is 18.7 Å². The van der Waals surface area contributed by atoms with Gasteiger partial charge in [-0.15, -0.1) is 0 Å². The van der Waals surface area contributed by atoms with Gasteiger partial charge in [0.1, 0.15) is 12.4 Å². The second-order valence-electron chi connectivity index (χ2n) is 3.29. The summed E-state index contributed by atoms with van der Waals surface area (Å²) >= 11 is 0. The Bertz CT molecular complexity index is 357. The van der Waals surface area contributed by atoms with Crippen LogP contribution < -0.4 is 5.32 Å². The Labute approximate surface area is 99.7 Å². The van der Waals surface area contributed by atoms with Crippen LogP contribution >= 0.6 is 0 Å². The molecule has 0 aromatic heterocycles. The molecule has 0 aliphatic rings. The van der Waals surface area contributed by atoms with E-state index in [0.717, 1.165) is 0 Å². The average Bonchev–Trinajstić information content (AvgIpc) is 2.29. The summed E-state index contributed by atoms with van der Waals surface area (Å²) in [6.07, 6.45) is 0. The Balaban J connectivity index is 2.10. The first kappa shape index (κ1) is 13.4. The van der Waals surface area contributed by atoms with Crippen LogP contribution in [-0.2, 0) is 14.3 Å². The van der Waals surface area contributed by atoms with Gasteiger partial charge in [0.05, 0.1) is 13.2 Å². The fraction of sp³-hybridized carbons (Fsp3) is 0.417. The molecule has 0 spiro atoms. The van der Waals surface area contributed by atoms with Crippen LogP contribution in [-0.4, -0.2) is 32.3 Å². The summed E-state index contributed by atoms with van der Waals surface area (Å²) in [6.45, 7) is 2.89. The average molecular weight is 241 g/mol. The van der Waals surface area contributed by atoms with E-state index in [1.165, 1.54) is 12.1 Å². The van der Waals surface area contributed by atoms with Gasteiger partial charge in [0.15, 0.2) is 0 Å². The van der Waals surface area contributed by atoms with E-state index in [2.05, 4.69) is 10.1 Å². The highest BCUT2D eigenvalue weighted by atomic mass is 19.1. The minimum atomic E-state index is -0.377. The SMILES string of the molecule is CCOC(=O)COCCNc1cccc(F)c1. The molecule has 0 radical (unpaired) electrons. The van der Waals surface area contributed by atoms with E-state index in [4.69, 9.17) is 4.74 Å². The molecule has 0 amide bonds. The molecule has 1 aromatic carbocycles. The van der Waals surface area contributed by atoms with E-state index in [1.807, 2.05) is 0 Å². The minimum Gasteiger partial charge on any atom is -0.464 e. The molecule has 17 heavy (non-hydrogen) atoms. The van der Waals surface area contributed by atoms with E-state index in [-0.39, 0.29) is 18.4 Å². The third-order valence-corrected chi connectivity index (χ3v) is 1.93. The number of halogens is 1. The van der Waals surface area contributed by atoms with Crippen molar-refractivity contribution in [3.63, 3.8) is 0 Å². The Morgan fingerprint density at radius 2 is 2.29 bits per heavy atom. The van der Waals surface area contributed by atoms with E-state index in [9.17, 15) is 9.18 Å². The van der Waals surface area contributed by atoms with Crippen LogP contribution in [0.4, 0.5) is 10.1 Å². The summed E-state index contributed by atoms with van der Waals surface area (Å²) in [4.78, 5) is 10.9. The summed E-state index contributed by atoms with van der Waals surface area (Å²) in [5, 5.41) is 2.97. The maximum atomic E-state index is 12.8. The van der Waals surface area contributed by atoms with Gasteiger partial charge in [0, 0.05) is 12.2 Å². The summed E-state index contributed by atoms with van der Waals surface area (Å²) in [5.74, 6) is -0.666. The molecular formula is C12H16FNO3. The molecule has 1 rings (SSSR count). The number of ether oxygens (including phenoxy) is 2. The maximum absolute atomic E-state index is 12.8. The monoisotopic (exact) mass is 241 g/mol. The van der Waals surface area contributed by atoms with Crippen molar-refractivity contribution >= 4 is 11.7 Å². The predicted octanol–water partition coefficient (Wildman–Crippen LogP) is 1.82. The van der Waals surface area contributed by atoms with Gasteiger partial charge in [-0.3, -0.25) is 0 Å². The highest BCUT2D eigenvalue weighted by Crippen LogP contribution is 2.08. The predicted molar refractivity (Wildman–Crippen MR) is 62.3 cm³/mol. The van der Waals surface area contributed by atoms with Crippen LogP contribution in [0, 0.1) is 5.82 Å². The van der Waals surface area contributed by atoms with Crippen LogP contribution in [0.1, 0.15) is 6.92 Å². The van der Waals surface area contributed by atoms with E-state index in [1.54, 1.807) is 19.1 Å². The van der Waals surface area contributed by atoms with Gasteiger partial charge in [-0.2, -0.15) is 0 Å². The fourth-order valence-corrected chi connectivity index (χ4v) is 1.22. The molecule has 94 valence electrons. The first-order chi connectivity index (χ1) is 8.22. The molecule has 0 unspecified atom stereocenters. The van der Waals surface area contributed by atoms with Gasteiger partial charge in [0.25, 0.3) is 0 Å². The van der Waals surface area contributed by atoms with Gasteiger partial charge in [-0.1, -0.05) is 6.07 Å². The van der Waals surface area contributed by atoms with Gasteiger partial charge in [0.2, 0.25) is 0 Å². The molecule has 5 heteroatoms. The van der Waals surface area contributed by atoms with Crippen LogP contribution in [0.5, 0.6) is 0 Å². The van der Waals surface area contributed by atoms with E-state index >= 15 is 0 Å². The molecule has 0 aliphatic heterocycles. The van der Waals surface area contributed by atoms with Crippen molar-refractivity contribution in [3.8, 4) is 0 Å². The summed E-state index contributed by atoms with van der Waals surface area (Å²) in [7, 11) is 0. The largest absolute Gasteiger partial charge is 0.464 e. The Morgan fingerprint density at radius 1 is 1.47 bits per heavy atom. The van der Waals surface area contributed by atoms with E-state index < -0.39 is 0 Å². The third kappa shape index (κ3) is 5.87. The Morgan fingerprint density at radius 3 is 3.00 bits per heavy atom. The van der Waals surface area contributed by atoms with Crippen molar-refractivity contribution in [2.45, 2.75) is 6.92 Å². The molecule has 0 saturated heterocycles. The summed E-state index contributed by atoms with van der Waals surface area (Å²) in [6, 6.07) is 6.15. The van der Waals surface area contributed by atoms with E-state index in [0.29, 0.717) is 25.4 Å². The topological polar surface area (TPSA) is 47.6 Å². The highest BCUT2D eigenvalue weighted by Gasteiger charge is 2.00. The molecule has 0 atom stereocenters. The van der Waals surface area contributed by atoms with Crippen molar-refractivity contribution in [3.05, 3.63) is 30.1 Å². The number of hydrogen-bond donors (Lipinski definition) is 1. The van der Waals surface area contributed by atoms with Crippen molar-refractivity contribution in [2.75, 3.05) is 31.7 Å². The zero-order valence-electron chi connectivity index (χ0n) is 9.74. The van der Waals surface area contributed by atoms with Crippen molar-refractivity contribution in [1.82, 2.24) is 0 Å². The molecular weight excluding hydrogens is 225 g/mol. The number of rotatable bonds is 7. The van der Waals surface area contributed by atoms with Crippen molar-refractivity contribution in [2.24, 2.45) is 0 Å². The first-order valence-electron chi connectivity index (χ1n) is 5.45. The smallest absolute Gasteiger partial charge is 0.332 e. The van der Waals surface area contributed by atoms with Crippen LogP contribution in [0.2, 0.25) is 0 Å². The van der Waals surface area contributed by atoms with Crippen molar-refractivity contribution in [1.29, 1.82) is 0 Å². The molecule has 0 bridgehead atoms. The summed E-state index contributed by atoms with van der Waals surface area (Å²) < 4.78 is 22.6. The standard InChI is InChI=1S/C12H16FNO3/c1-2-17-12(15)9-16-7-6-14-11-5-3-4-10(13)8-11/h3-5,8,14H,2,6-7,9H2,1H3. The molecule has 1 aromatic rings. The number of anilines is 1. The summed E-state index contributed by atoms with van der Waals surface area (Å²) in [5.41, 5.74) is 0.685. The number of benzene rings is 1. The molecule has 1 N–H and O–H groups in total. The zero-order chi connectivity index (χ0) is 12.5. The molecule has 0 saturated carbocycles. The van der Waals surface area contributed by atoms with Gasteiger partial charge in [-0.05, 0) is 25.1 Å². The molecule has 0 aliphatic carbocycles. The number of esters is 1. The number of carbonyl (C=O) groups excluding carboxylic acids is 1. The fourth-order valence-electron chi connectivity index (χ4n) is 1.22. The van der Waals surface area contributed by atoms with Gasteiger partial charge in [-0.25, -0.2) is 9.18 Å². The van der Waals surface area contributed by atoms with Gasteiger partial charge < -0.3 is 14.8 Å². The minimum absolute atomic E-state index is 0.0569. The first-order valence-corrected chi connectivity index (χ1v) is 5.45.